The molecule has 0 saturated heterocycles. The third kappa shape index (κ3) is 2.96. The van der Waals surface area contributed by atoms with E-state index >= 15 is 0 Å². The second-order valence-electron chi connectivity index (χ2n) is 4.27. The molecule has 2 rings (SSSR count). The maximum atomic E-state index is 9.43. The van der Waals surface area contributed by atoms with Crippen molar-refractivity contribution in [3.63, 3.8) is 0 Å². The van der Waals surface area contributed by atoms with Crippen LogP contribution in [0.2, 0.25) is 0 Å². The van der Waals surface area contributed by atoms with Crippen molar-refractivity contribution in [3.8, 4) is 0 Å². The summed E-state index contributed by atoms with van der Waals surface area (Å²) in [6.45, 7) is 2.62. The highest BCUT2D eigenvalue weighted by Crippen LogP contribution is 2.13. The molecule has 0 aliphatic heterocycles. The number of hydrogen-bond acceptors (Lipinski definition) is 2. The van der Waals surface area contributed by atoms with E-state index in [1.807, 2.05) is 47.3 Å². The molecule has 1 unspecified atom stereocenters. The van der Waals surface area contributed by atoms with E-state index in [9.17, 15) is 5.11 Å². The molecule has 3 nitrogen and oxygen atoms in total. The highest BCUT2D eigenvalue weighted by molar-refractivity contribution is 5.23. The third-order valence-electron chi connectivity index (χ3n) is 2.83. The Balaban J connectivity index is 2.08. The summed E-state index contributed by atoms with van der Waals surface area (Å²) in [5.74, 6) is 0. The summed E-state index contributed by atoms with van der Waals surface area (Å²) in [5.41, 5.74) is 3.03. The van der Waals surface area contributed by atoms with E-state index in [1.165, 1.54) is 5.56 Å². The molecular formula is C14H17NO2. The van der Waals surface area contributed by atoms with Crippen LogP contribution in [0.25, 0.3) is 0 Å². The first-order valence-electron chi connectivity index (χ1n) is 5.71. The topological polar surface area (TPSA) is 45.4 Å². The lowest BCUT2D eigenvalue weighted by molar-refractivity contribution is 0.199. The van der Waals surface area contributed by atoms with Crippen LogP contribution >= 0.6 is 0 Å². The van der Waals surface area contributed by atoms with Gasteiger partial charge in [-0.3, -0.25) is 0 Å². The number of aliphatic hydroxyl groups is 2. The highest BCUT2D eigenvalue weighted by atomic mass is 16.3. The maximum Gasteiger partial charge on any atom is 0.0776 e. The van der Waals surface area contributed by atoms with Gasteiger partial charge >= 0.3 is 0 Å². The van der Waals surface area contributed by atoms with Crippen LogP contribution in [-0.2, 0) is 13.2 Å². The zero-order chi connectivity index (χ0) is 12.3. The minimum atomic E-state index is -0.423. The van der Waals surface area contributed by atoms with E-state index in [-0.39, 0.29) is 6.61 Å². The van der Waals surface area contributed by atoms with E-state index < -0.39 is 6.10 Å². The average Bonchev–Trinajstić information content (AvgIpc) is 2.79. The van der Waals surface area contributed by atoms with Gasteiger partial charge in [0.05, 0.1) is 12.7 Å². The van der Waals surface area contributed by atoms with Crippen LogP contribution in [0.1, 0.15) is 29.7 Å². The number of nitrogens with zero attached hydrogens (tertiary/aromatic N) is 1. The van der Waals surface area contributed by atoms with Gasteiger partial charge in [-0.15, -0.1) is 0 Å². The molecule has 0 amide bonds. The van der Waals surface area contributed by atoms with Crippen LogP contribution in [0.4, 0.5) is 0 Å². The second kappa shape index (κ2) is 5.17. The van der Waals surface area contributed by atoms with Gasteiger partial charge in [-0.2, -0.15) is 0 Å². The van der Waals surface area contributed by atoms with Crippen molar-refractivity contribution < 1.29 is 10.2 Å². The number of aromatic nitrogens is 1. The Morgan fingerprint density at radius 3 is 2.29 bits per heavy atom. The molecule has 0 saturated carbocycles. The lowest BCUT2D eigenvalue weighted by Gasteiger charge is -2.04. The quantitative estimate of drug-likeness (QED) is 0.846. The number of aliphatic hydroxyl groups excluding tert-OH is 2. The molecule has 3 heteroatoms. The molecule has 0 fully saturated rings. The van der Waals surface area contributed by atoms with E-state index in [0.717, 1.165) is 17.7 Å². The van der Waals surface area contributed by atoms with Crippen LogP contribution in [-0.4, -0.2) is 14.8 Å². The molecule has 0 bridgehead atoms. The normalized spacial score (nSPS) is 12.6. The van der Waals surface area contributed by atoms with E-state index in [4.69, 9.17) is 5.11 Å². The van der Waals surface area contributed by atoms with Crippen molar-refractivity contribution in [2.24, 2.45) is 0 Å². The lowest BCUT2D eigenvalue weighted by atomic mass is 10.1. The molecule has 90 valence electrons. The zero-order valence-electron chi connectivity index (χ0n) is 9.87. The third-order valence-corrected chi connectivity index (χ3v) is 2.83. The number of benzene rings is 1. The minimum absolute atomic E-state index is 0.0793. The van der Waals surface area contributed by atoms with Gasteiger partial charge in [-0.05, 0) is 29.7 Å². The summed E-state index contributed by atoms with van der Waals surface area (Å²) in [7, 11) is 0. The summed E-state index contributed by atoms with van der Waals surface area (Å²) < 4.78 is 2.04. The van der Waals surface area contributed by atoms with Crippen LogP contribution in [0.3, 0.4) is 0 Å². The van der Waals surface area contributed by atoms with Gasteiger partial charge in [0.15, 0.2) is 0 Å². The van der Waals surface area contributed by atoms with E-state index in [0.29, 0.717) is 0 Å². The molecule has 0 radical (unpaired) electrons. The predicted molar refractivity (Wildman–Crippen MR) is 66.5 cm³/mol. The molecule has 1 aromatic heterocycles. The van der Waals surface area contributed by atoms with Crippen molar-refractivity contribution in [3.05, 3.63) is 59.4 Å². The minimum Gasteiger partial charge on any atom is -0.392 e. The van der Waals surface area contributed by atoms with Crippen LogP contribution < -0.4 is 0 Å². The Bertz CT molecular complexity index is 471. The second-order valence-corrected chi connectivity index (χ2v) is 4.27. The van der Waals surface area contributed by atoms with Crippen molar-refractivity contribution >= 4 is 0 Å². The zero-order valence-corrected chi connectivity index (χ0v) is 9.87. The van der Waals surface area contributed by atoms with Gasteiger partial charge in [0.2, 0.25) is 0 Å². The fraction of sp³-hybridized carbons (Fsp3) is 0.286. The fourth-order valence-corrected chi connectivity index (χ4v) is 1.77. The molecule has 2 N–H and O–H groups in total. The first-order chi connectivity index (χ1) is 8.19. The number of rotatable bonds is 4. The van der Waals surface area contributed by atoms with Gasteiger partial charge in [0.25, 0.3) is 0 Å². The Kier molecular flexibility index (Phi) is 3.61. The summed E-state index contributed by atoms with van der Waals surface area (Å²) in [6, 6.07) is 9.79. The molecule has 2 aromatic rings. The molecule has 1 atom stereocenters. The summed E-state index contributed by atoms with van der Waals surface area (Å²) in [6.07, 6.45) is 3.49. The maximum absolute atomic E-state index is 9.43. The molecule has 0 spiro atoms. The smallest absolute Gasteiger partial charge is 0.0776 e. The van der Waals surface area contributed by atoms with Gasteiger partial charge in [-0.25, -0.2) is 0 Å². The largest absolute Gasteiger partial charge is 0.392 e. The fourth-order valence-electron chi connectivity index (χ4n) is 1.77. The Morgan fingerprint density at radius 2 is 1.76 bits per heavy atom. The van der Waals surface area contributed by atoms with E-state index in [2.05, 4.69) is 0 Å². The van der Waals surface area contributed by atoms with Crippen LogP contribution in [0, 0.1) is 0 Å². The van der Waals surface area contributed by atoms with E-state index in [1.54, 1.807) is 6.92 Å². The molecule has 0 aliphatic carbocycles. The first-order valence-corrected chi connectivity index (χ1v) is 5.71. The Morgan fingerprint density at radius 1 is 1.12 bits per heavy atom. The summed E-state index contributed by atoms with van der Waals surface area (Å²) in [5, 5.41) is 18.4. The van der Waals surface area contributed by atoms with Crippen molar-refractivity contribution in [2.45, 2.75) is 26.2 Å². The molecule has 1 aromatic carbocycles. The average molecular weight is 231 g/mol. The van der Waals surface area contributed by atoms with Crippen molar-refractivity contribution in [2.75, 3.05) is 0 Å². The van der Waals surface area contributed by atoms with Gasteiger partial charge in [-0.1, -0.05) is 24.3 Å². The first kappa shape index (κ1) is 11.9. The lowest BCUT2D eigenvalue weighted by Crippen LogP contribution is -1.97. The molecule has 1 heterocycles. The Hall–Kier alpha value is -1.58. The van der Waals surface area contributed by atoms with Gasteiger partial charge in [0, 0.05) is 18.9 Å². The summed E-state index contributed by atoms with van der Waals surface area (Å²) in [4.78, 5) is 0. The predicted octanol–water partition coefficient (Wildman–Crippen LogP) is 2.08. The van der Waals surface area contributed by atoms with Crippen molar-refractivity contribution in [1.29, 1.82) is 0 Å². The SMILES string of the molecule is CC(O)c1ccn(Cc2ccc(CO)cc2)c1. The molecule has 17 heavy (non-hydrogen) atoms. The summed E-state index contributed by atoms with van der Waals surface area (Å²) >= 11 is 0. The monoisotopic (exact) mass is 231 g/mol. The number of hydrogen-bond donors (Lipinski definition) is 2. The Labute approximate surface area is 101 Å². The van der Waals surface area contributed by atoms with Crippen LogP contribution in [0.5, 0.6) is 0 Å². The van der Waals surface area contributed by atoms with Crippen LogP contribution in [0.15, 0.2) is 42.7 Å². The van der Waals surface area contributed by atoms with Gasteiger partial charge in [0.1, 0.15) is 0 Å². The van der Waals surface area contributed by atoms with Crippen molar-refractivity contribution in [1.82, 2.24) is 4.57 Å². The standard InChI is InChI=1S/C14H17NO2/c1-11(17)14-6-7-15(9-14)8-12-2-4-13(10-16)5-3-12/h2-7,9,11,16-17H,8,10H2,1H3. The highest BCUT2D eigenvalue weighted by Gasteiger charge is 2.03. The van der Waals surface area contributed by atoms with Gasteiger partial charge < -0.3 is 14.8 Å². The molecule has 0 aliphatic rings. The molecular weight excluding hydrogens is 214 g/mol.